The number of aryl methyl sites for hydroxylation is 1. The van der Waals surface area contributed by atoms with Gasteiger partial charge in [-0.15, -0.1) is 0 Å². The lowest BCUT2D eigenvalue weighted by molar-refractivity contribution is -0.122. The molecule has 112 valence electrons. The third kappa shape index (κ3) is 4.84. The fraction of sp³-hybridized carbons (Fsp3) is 0.385. The van der Waals surface area contributed by atoms with Crippen molar-refractivity contribution in [2.75, 3.05) is 25.6 Å². The minimum atomic E-state index is -0.117. The van der Waals surface area contributed by atoms with Crippen molar-refractivity contribution in [2.24, 2.45) is 0 Å². The molecule has 8 nitrogen and oxygen atoms in total. The summed E-state index contributed by atoms with van der Waals surface area (Å²) in [6.07, 6.45) is 5.02. The molecule has 0 fully saturated rings. The number of hydrogen-bond donors (Lipinski definition) is 2. The first-order chi connectivity index (χ1) is 10.2. The van der Waals surface area contributed by atoms with Crippen LogP contribution in [0.5, 0.6) is 0 Å². The first-order valence-corrected chi connectivity index (χ1v) is 6.52. The van der Waals surface area contributed by atoms with Gasteiger partial charge in [0.2, 0.25) is 11.9 Å². The molecule has 0 aromatic carbocycles. The molecule has 0 aliphatic rings. The Morgan fingerprint density at radius 1 is 1.48 bits per heavy atom. The van der Waals surface area contributed by atoms with E-state index in [1.807, 2.05) is 13.0 Å². The van der Waals surface area contributed by atoms with Gasteiger partial charge in [0.05, 0.1) is 18.5 Å². The summed E-state index contributed by atoms with van der Waals surface area (Å²) in [5.74, 6) is 0.382. The number of carbonyl (C=O) groups is 1. The summed E-state index contributed by atoms with van der Waals surface area (Å²) in [4.78, 5) is 20.0. The summed E-state index contributed by atoms with van der Waals surface area (Å²) in [6.45, 7) is 3.02. The highest BCUT2D eigenvalue weighted by Gasteiger charge is 2.05. The van der Waals surface area contributed by atoms with Gasteiger partial charge in [-0.2, -0.15) is 5.10 Å². The largest absolute Gasteiger partial charge is 0.383 e. The minimum Gasteiger partial charge on any atom is -0.383 e. The molecule has 8 heteroatoms. The second-order valence-corrected chi connectivity index (χ2v) is 4.42. The lowest BCUT2D eigenvalue weighted by atomic mass is 10.4. The molecule has 0 aliphatic heterocycles. The van der Waals surface area contributed by atoms with Crippen LogP contribution in [0.15, 0.2) is 24.7 Å². The van der Waals surface area contributed by atoms with Crippen molar-refractivity contribution < 1.29 is 9.53 Å². The van der Waals surface area contributed by atoms with E-state index in [1.54, 1.807) is 30.4 Å². The van der Waals surface area contributed by atoms with Crippen LogP contribution < -0.4 is 10.6 Å². The van der Waals surface area contributed by atoms with Crippen molar-refractivity contribution in [3.8, 4) is 0 Å². The van der Waals surface area contributed by atoms with Gasteiger partial charge in [-0.25, -0.2) is 9.97 Å². The highest BCUT2D eigenvalue weighted by atomic mass is 16.5. The molecule has 0 saturated heterocycles. The average Bonchev–Trinajstić information content (AvgIpc) is 2.86. The van der Waals surface area contributed by atoms with Gasteiger partial charge in [-0.3, -0.25) is 9.48 Å². The molecule has 0 bridgehead atoms. The molecule has 0 saturated carbocycles. The molecular weight excluding hydrogens is 272 g/mol. The molecule has 2 rings (SSSR count). The van der Waals surface area contributed by atoms with E-state index in [0.29, 0.717) is 19.1 Å². The third-order valence-electron chi connectivity index (χ3n) is 2.62. The molecule has 0 aliphatic carbocycles. The maximum absolute atomic E-state index is 11.6. The number of ether oxygens (including phenoxy) is 1. The smallest absolute Gasteiger partial charge is 0.241 e. The third-order valence-corrected chi connectivity index (χ3v) is 2.62. The van der Waals surface area contributed by atoms with Crippen molar-refractivity contribution in [1.29, 1.82) is 0 Å². The first kappa shape index (κ1) is 14.9. The van der Waals surface area contributed by atoms with Crippen LogP contribution in [0, 0.1) is 6.92 Å². The number of anilines is 2. The molecule has 2 aromatic rings. The second-order valence-electron chi connectivity index (χ2n) is 4.42. The van der Waals surface area contributed by atoms with Crippen LogP contribution in [0.25, 0.3) is 0 Å². The van der Waals surface area contributed by atoms with Crippen molar-refractivity contribution in [3.05, 3.63) is 30.4 Å². The van der Waals surface area contributed by atoms with Gasteiger partial charge < -0.3 is 15.4 Å². The quantitative estimate of drug-likeness (QED) is 0.721. The molecule has 0 radical (unpaired) electrons. The van der Waals surface area contributed by atoms with Gasteiger partial charge in [0.25, 0.3) is 0 Å². The van der Waals surface area contributed by atoms with Crippen molar-refractivity contribution in [2.45, 2.75) is 13.5 Å². The number of carbonyl (C=O) groups excluding carboxylic acids is 1. The number of methoxy groups -OCH3 is 1. The highest BCUT2D eigenvalue weighted by Crippen LogP contribution is 2.11. The van der Waals surface area contributed by atoms with E-state index in [0.717, 1.165) is 11.4 Å². The Bertz CT molecular complexity index is 598. The summed E-state index contributed by atoms with van der Waals surface area (Å²) in [5, 5.41) is 9.87. The fourth-order valence-electron chi connectivity index (χ4n) is 1.65. The first-order valence-electron chi connectivity index (χ1n) is 6.52. The normalized spacial score (nSPS) is 10.4. The number of aromatic nitrogens is 4. The topological polar surface area (TPSA) is 94.0 Å². The summed E-state index contributed by atoms with van der Waals surface area (Å²) in [6, 6.07) is 1.82. The van der Waals surface area contributed by atoms with Gasteiger partial charge in [0.1, 0.15) is 6.54 Å². The molecular formula is C13H18N6O2. The van der Waals surface area contributed by atoms with E-state index in [4.69, 9.17) is 4.74 Å². The lowest BCUT2D eigenvalue weighted by Gasteiger charge is -2.04. The summed E-state index contributed by atoms with van der Waals surface area (Å²) < 4.78 is 6.40. The van der Waals surface area contributed by atoms with E-state index in [-0.39, 0.29) is 12.5 Å². The number of amides is 1. The van der Waals surface area contributed by atoms with Gasteiger partial charge >= 0.3 is 0 Å². The van der Waals surface area contributed by atoms with E-state index in [2.05, 4.69) is 25.7 Å². The van der Waals surface area contributed by atoms with Crippen LogP contribution in [-0.4, -0.2) is 45.9 Å². The molecule has 2 heterocycles. The predicted octanol–water partition coefficient (Wildman–Crippen LogP) is 0.488. The van der Waals surface area contributed by atoms with Crippen LogP contribution in [0.4, 0.5) is 11.6 Å². The Hall–Kier alpha value is -2.48. The van der Waals surface area contributed by atoms with E-state index in [9.17, 15) is 4.79 Å². The molecule has 2 N–H and O–H groups in total. The van der Waals surface area contributed by atoms with Gasteiger partial charge in [0, 0.05) is 31.7 Å². The zero-order valence-electron chi connectivity index (χ0n) is 12.0. The predicted molar refractivity (Wildman–Crippen MR) is 77.2 cm³/mol. The van der Waals surface area contributed by atoms with Crippen molar-refractivity contribution >= 4 is 17.5 Å². The molecule has 0 atom stereocenters. The van der Waals surface area contributed by atoms with Crippen LogP contribution in [0.1, 0.15) is 5.69 Å². The Labute approximate surface area is 122 Å². The van der Waals surface area contributed by atoms with Gasteiger partial charge in [-0.05, 0) is 13.0 Å². The maximum Gasteiger partial charge on any atom is 0.241 e. The fourth-order valence-corrected chi connectivity index (χ4v) is 1.65. The van der Waals surface area contributed by atoms with Crippen LogP contribution in [-0.2, 0) is 16.1 Å². The zero-order chi connectivity index (χ0) is 15.1. The summed E-state index contributed by atoms with van der Waals surface area (Å²) >= 11 is 0. The van der Waals surface area contributed by atoms with Gasteiger partial charge in [0.15, 0.2) is 0 Å². The molecule has 2 aromatic heterocycles. The molecule has 21 heavy (non-hydrogen) atoms. The number of hydrogen-bond acceptors (Lipinski definition) is 6. The molecule has 0 spiro atoms. The zero-order valence-corrected chi connectivity index (χ0v) is 12.0. The minimum absolute atomic E-state index is 0.117. The number of nitrogens with one attached hydrogen (secondary N) is 2. The van der Waals surface area contributed by atoms with Crippen LogP contribution in [0.3, 0.4) is 0 Å². The lowest BCUT2D eigenvalue weighted by Crippen LogP contribution is -2.30. The Morgan fingerprint density at radius 3 is 3.10 bits per heavy atom. The summed E-state index contributed by atoms with van der Waals surface area (Å²) in [5.41, 5.74) is 1.60. The Balaban J connectivity index is 1.88. The van der Waals surface area contributed by atoms with Crippen molar-refractivity contribution in [3.63, 3.8) is 0 Å². The van der Waals surface area contributed by atoms with Crippen molar-refractivity contribution in [1.82, 2.24) is 25.1 Å². The number of rotatable bonds is 7. The average molecular weight is 290 g/mol. The van der Waals surface area contributed by atoms with Gasteiger partial charge in [-0.1, -0.05) is 0 Å². The molecule has 0 unspecified atom stereocenters. The van der Waals surface area contributed by atoms with E-state index in [1.165, 1.54) is 0 Å². The second kappa shape index (κ2) is 7.34. The molecule has 1 amide bonds. The standard InChI is InChI=1S/C13H18N6O2/c1-10-3-4-15-13(17-10)18-11-7-16-19(8-11)9-12(20)14-5-6-21-2/h3-4,7-8H,5-6,9H2,1-2H3,(H,14,20)(H,15,17,18). The highest BCUT2D eigenvalue weighted by molar-refractivity contribution is 5.75. The van der Waals surface area contributed by atoms with Crippen LogP contribution >= 0.6 is 0 Å². The SMILES string of the molecule is COCCNC(=O)Cn1cc(Nc2nccc(C)n2)cn1. The maximum atomic E-state index is 11.6. The monoisotopic (exact) mass is 290 g/mol. The number of nitrogens with zero attached hydrogens (tertiary/aromatic N) is 4. The Kier molecular flexibility index (Phi) is 5.22. The van der Waals surface area contributed by atoms with E-state index >= 15 is 0 Å². The summed E-state index contributed by atoms with van der Waals surface area (Å²) in [7, 11) is 1.59. The van der Waals surface area contributed by atoms with Crippen LogP contribution in [0.2, 0.25) is 0 Å². The van der Waals surface area contributed by atoms with E-state index < -0.39 is 0 Å². The Morgan fingerprint density at radius 2 is 2.33 bits per heavy atom.